The Morgan fingerprint density at radius 1 is 1.09 bits per heavy atom. The minimum Gasteiger partial charge on any atom is -0.332 e. The lowest BCUT2D eigenvalue weighted by Gasteiger charge is -2.10. The summed E-state index contributed by atoms with van der Waals surface area (Å²) in [5.74, 6) is 0.654. The van der Waals surface area contributed by atoms with Gasteiger partial charge < -0.3 is 10.6 Å². The fraction of sp³-hybridized carbons (Fsp3) is 0.0588. The second-order valence-corrected chi connectivity index (χ2v) is 5.91. The first-order chi connectivity index (χ1) is 11.1. The van der Waals surface area contributed by atoms with Crippen molar-refractivity contribution < 1.29 is 0 Å². The van der Waals surface area contributed by atoms with Gasteiger partial charge in [-0.1, -0.05) is 41.9 Å². The second kappa shape index (κ2) is 6.81. The predicted octanol–water partition coefficient (Wildman–Crippen LogP) is 4.85. The first-order valence-electron chi connectivity index (χ1n) is 7.07. The van der Waals surface area contributed by atoms with Gasteiger partial charge in [-0.05, 0) is 48.5 Å². The molecule has 0 bridgehead atoms. The van der Waals surface area contributed by atoms with Gasteiger partial charge in [0, 0.05) is 16.8 Å². The SMILES string of the molecule is Cc1ccccc1NC(=S)Nc1cc(-c2ccc(Cl)cc2)[nH]n1. The number of rotatable bonds is 3. The van der Waals surface area contributed by atoms with Crippen LogP contribution in [0.15, 0.2) is 54.6 Å². The molecule has 3 rings (SSSR count). The number of thiocarbonyl (C=S) groups is 1. The lowest BCUT2D eigenvalue weighted by atomic mass is 10.1. The summed E-state index contributed by atoms with van der Waals surface area (Å²) >= 11 is 11.2. The van der Waals surface area contributed by atoms with Gasteiger partial charge in [-0.2, -0.15) is 5.10 Å². The van der Waals surface area contributed by atoms with E-state index in [-0.39, 0.29) is 0 Å². The first-order valence-corrected chi connectivity index (χ1v) is 7.85. The number of benzene rings is 2. The Morgan fingerprint density at radius 3 is 2.57 bits per heavy atom. The predicted molar refractivity (Wildman–Crippen MR) is 100 cm³/mol. The van der Waals surface area contributed by atoms with E-state index in [2.05, 4.69) is 20.8 Å². The molecule has 4 nitrogen and oxygen atoms in total. The summed E-state index contributed by atoms with van der Waals surface area (Å²) < 4.78 is 0. The Labute approximate surface area is 144 Å². The number of halogens is 1. The third kappa shape index (κ3) is 3.88. The van der Waals surface area contributed by atoms with Crippen LogP contribution in [0.4, 0.5) is 11.5 Å². The lowest BCUT2D eigenvalue weighted by Crippen LogP contribution is -2.19. The highest BCUT2D eigenvalue weighted by atomic mass is 35.5. The number of para-hydroxylation sites is 1. The molecule has 0 spiro atoms. The molecule has 0 atom stereocenters. The van der Waals surface area contributed by atoms with E-state index >= 15 is 0 Å². The molecule has 0 aliphatic rings. The van der Waals surface area contributed by atoms with Crippen molar-refractivity contribution in [3.63, 3.8) is 0 Å². The normalized spacial score (nSPS) is 10.3. The maximum Gasteiger partial charge on any atom is 0.176 e. The van der Waals surface area contributed by atoms with E-state index in [1.165, 1.54) is 0 Å². The van der Waals surface area contributed by atoms with Crippen molar-refractivity contribution in [1.82, 2.24) is 10.2 Å². The van der Waals surface area contributed by atoms with Crippen LogP contribution < -0.4 is 10.6 Å². The summed E-state index contributed by atoms with van der Waals surface area (Å²) in [6.45, 7) is 2.03. The summed E-state index contributed by atoms with van der Waals surface area (Å²) in [6.07, 6.45) is 0. The van der Waals surface area contributed by atoms with Gasteiger partial charge in [-0.15, -0.1) is 0 Å². The van der Waals surface area contributed by atoms with Crippen LogP contribution in [0, 0.1) is 6.92 Å². The van der Waals surface area contributed by atoms with Crippen molar-refractivity contribution in [2.24, 2.45) is 0 Å². The van der Waals surface area contributed by atoms with Crippen LogP contribution in [0.5, 0.6) is 0 Å². The zero-order valence-corrected chi connectivity index (χ0v) is 14.0. The Kier molecular flexibility index (Phi) is 4.60. The molecule has 1 aromatic heterocycles. The zero-order valence-electron chi connectivity index (χ0n) is 12.4. The number of hydrogen-bond donors (Lipinski definition) is 3. The number of aromatic amines is 1. The summed E-state index contributed by atoms with van der Waals surface area (Å²) in [7, 11) is 0. The molecule has 116 valence electrons. The number of nitrogens with one attached hydrogen (secondary N) is 3. The van der Waals surface area contributed by atoms with Gasteiger partial charge in [0.1, 0.15) is 0 Å². The first kappa shape index (κ1) is 15.5. The van der Waals surface area contributed by atoms with E-state index in [9.17, 15) is 0 Å². The number of aromatic nitrogens is 2. The van der Waals surface area contributed by atoms with Crippen LogP contribution in [0.1, 0.15) is 5.56 Å². The van der Waals surface area contributed by atoms with Crippen molar-refractivity contribution in [3.05, 3.63) is 65.2 Å². The highest BCUT2D eigenvalue weighted by Gasteiger charge is 2.06. The molecule has 3 N–H and O–H groups in total. The van der Waals surface area contributed by atoms with Gasteiger partial charge in [0.2, 0.25) is 0 Å². The highest BCUT2D eigenvalue weighted by molar-refractivity contribution is 7.80. The third-order valence-corrected chi connectivity index (χ3v) is 3.82. The molecule has 0 amide bonds. The Balaban J connectivity index is 1.68. The number of anilines is 2. The minimum absolute atomic E-state index is 0.494. The second-order valence-electron chi connectivity index (χ2n) is 5.07. The van der Waals surface area contributed by atoms with E-state index < -0.39 is 0 Å². The number of aryl methyl sites for hydroxylation is 1. The molecule has 0 radical (unpaired) electrons. The Morgan fingerprint density at radius 2 is 1.83 bits per heavy atom. The van der Waals surface area contributed by atoms with E-state index in [4.69, 9.17) is 23.8 Å². The number of nitrogens with zero attached hydrogens (tertiary/aromatic N) is 1. The largest absolute Gasteiger partial charge is 0.332 e. The maximum atomic E-state index is 5.90. The molecular weight excluding hydrogens is 328 g/mol. The summed E-state index contributed by atoms with van der Waals surface area (Å²) in [4.78, 5) is 0. The summed E-state index contributed by atoms with van der Waals surface area (Å²) in [5.41, 5.74) is 3.99. The Hall–Kier alpha value is -2.37. The average molecular weight is 343 g/mol. The van der Waals surface area contributed by atoms with Crippen molar-refractivity contribution in [2.75, 3.05) is 10.6 Å². The minimum atomic E-state index is 0.494. The van der Waals surface area contributed by atoms with Crippen molar-refractivity contribution in [3.8, 4) is 11.3 Å². The fourth-order valence-electron chi connectivity index (χ4n) is 2.15. The molecule has 3 aromatic rings. The summed E-state index contributed by atoms with van der Waals surface area (Å²) in [5, 5.41) is 14.6. The zero-order chi connectivity index (χ0) is 16.2. The molecule has 23 heavy (non-hydrogen) atoms. The molecule has 1 heterocycles. The standard InChI is InChI=1S/C17H15ClN4S/c1-11-4-2-3-5-14(11)19-17(23)20-16-10-15(21-22-16)12-6-8-13(18)9-7-12/h2-10H,1H3,(H3,19,20,21,22,23). The van der Waals surface area contributed by atoms with Gasteiger partial charge in [0.15, 0.2) is 10.9 Å². The van der Waals surface area contributed by atoms with Crippen LogP contribution in [0.2, 0.25) is 5.02 Å². The van der Waals surface area contributed by atoms with Crippen LogP contribution >= 0.6 is 23.8 Å². The Bertz CT molecular complexity index is 827. The van der Waals surface area contributed by atoms with Gasteiger partial charge in [0.25, 0.3) is 0 Å². The molecular formula is C17H15ClN4S. The quantitative estimate of drug-likeness (QED) is 0.596. The van der Waals surface area contributed by atoms with Crippen LogP contribution in [-0.4, -0.2) is 15.3 Å². The number of H-pyrrole nitrogens is 1. The molecule has 0 unspecified atom stereocenters. The van der Waals surface area contributed by atoms with E-state index in [1.807, 2.05) is 61.5 Å². The molecule has 6 heteroatoms. The van der Waals surface area contributed by atoms with Crippen molar-refractivity contribution >= 4 is 40.4 Å². The van der Waals surface area contributed by atoms with E-state index in [0.29, 0.717) is 16.0 Å². The smallest absolute Gasteiger partial charge is 0.176 e. The van der Waals surface area contributed by atoms with E-state index in [1.54, 1.807) is 0 Å². The fourth-order valence-corrected chi connectivity index (χ4v) is 2.49. The molecule has 2 aromatic carbocycles. The highest BCUT2D eigenvalue weighted by Crippen LogP contribution is 2.22. The van der Waals surface area contributed by atoms with Gasteiger partial charge in [0.05, 0.1) is 5.69 Å². The average Bonchev–Trinajstić information content (AvgIpc) is 2.98. The van der Waals surface area contributed by atoms with Gasteiger partial charge in [-0.3, -0.25) is 5.10 Å². The molecule has 0 aliphatic carbocycles. The van der Waals surface area contributed by atoms with Crippen molar-refractivity contribution in [2.45, 2.75) is 6.92 Å². The maximum absolute atomic E-state index is 5.90. The molecule has 0 saturated heterocycles. The molecule has 0 fully saturated rings. The van der Waals surface area contributed by atoms with Crippen LogP contribution in [0.25, 0.3) is 11.3 Å². The topological polar surface area (TPSA) is 52.7 Å². The number of hydrogen-bond acceptors (Lipinski definition) is 2. The monoisotopic (exact) mass is 342 g/mol. The molecule has 0 aliphatic heterocycles. The third-order valence-electron chi connectivity index (χ3n) is 3.37. The van der Waals surface area contributed by atoms with Crippen molar-refractivity contribution in [1.29, 1.82) is 0 Å². The van der Waals surface area contributed by atoms with Gasteiger partial charge >= 0.3 is 0 Å². The molecule has 0 saturated carbocycles. The van der Waals surface area contributed by atoms with Gasteiger partial charge in [-0.25, -0.2) is 0 Å². The lowest BCUT2D eigenvalue weighted by molar-refractivity contribution is 1.10. The van der Waals surface area contributed by atoms with Crippen LogP contribution in [0.3, 0.4) is 0 Å². The van der Waals surface area contributed by atoms with Crippen LogP contribution in [-0.2, 0) is 0 Å². The van der Waals surface area contributed by atoms with E-state index in [0.717, 1.165) is 22.5 Å². The summed E-state index contributed by atoms with van der Waals surface area (Å²) in [6, 6.07) is 17.4.